The highest BCUT2D eigenvalue weighted by Gasteiger charge is 2.35. The van der Waals surface area contributed by atoms with Gasteiger partial charge in [0.15, 0.2) is 0 Å². The van der Waals surface area contributed by atoms with Crippen LogP contribution in [0.2, 0.25) is 0 Å². The molecular formula is C20H22F3N3O. The molecule has 0 saturated carbocycles. The summed E-state index contributed by atoms with van der Waals surface area (Å²) in [5.41, 5.74) is -0.428. The lowest BCUT2D eigenvalue weighted by Gasteiger charge is -2.39. The molecule has 1 amide bonds. The summed E-state index contributed by atoms with van der Waals surface area (Å²) >= 11 is 0. The Morgan fingerprint density at radius 3 is 2.07 bits per heavy atom. The van der Waals surface area contributed by atoms with Crippen LogP contribution < -0.4 is 4.90 Å². The molecule has 1 saturated heterocycles. The minimum atomic E-state index is -4.39. The normalized spacial score (nSPS) is 15.7. The highest BCUT2D eigenvalue weighted by molar-refractivity contribution is 5.87. The van der Waals surface area contributed by atoms with E-state index in [0.29, 0.717) is 32.0 Å². The topological polar surface area (TPSA) is 36.4 Å². The summed E-state index contributed by atoms with van der Waals surface area (Å²) in [7, 11) is 0. The molecule has 7 heteroatoms. The number of carbonyl (C=O) groups excluding carboxylic acids is 1. The van der Waals surface area contributed by atoms with Crippen molar-refractivity contribution in [2.24, 2.45) is 0 Å². The third-order valence-electron chi connectivity index (χ3n) is 5.00. The van der Waals surface area contributed by atoms with Crippen LogP contribution >= 0.6 is 0 Å². The molecule has 0 atom stereocenters. The zero-order valence-electron chi connectivity index (χ0n) is 15.3. The number of pyridine rings is 1. The molecule has 1 aromatic carbocycles. The Balaban J connectivity index is 1.64. The van der Waals surface area contributed by atoms with Crippen molar-refractivity contribution in [3.63, 3.8) is 0 Å². The maximum absolute atomic E-state index is 13.0. The van der Waals surface area contributed by atoms with Crippen LogP contribution in [0.4, 0.5) is 19.0 Å². The van der Waals surface area contributed by atoms with E-state index in [1.807, 2.05) is 54.0 Å². The lowest BCUT2D eigenvalue weighted by atomic mass is 9.83. The fraction of sp³-hybridized carbons (Fsp3) is 0.400. The molecule has 0 aliphatic carbocycles. The molecule has 0 radical (unpaired) electrons. The van der Waals surface area contributed by atoms with E-state index in [4.69, 9.17) is 0 Å². The molecule has 27 heavy (non-hydrogen) atoms. The number of carbonyl (C=O) groups is 1. The van der Waals surface area contributed by atoms with Gasteiger partial charge in [0.1, 0.15) is 5.82 Å². The second-order valence-corrected chi connectivity index (χ2v) is 7.17. The maximum atomic E-state index is 13.0. The van der Waals surface area contributed by atoms with Crippen molar-refractivity contribution in [1.82, 2.24) is 9.88 Å². The van der Waals surface area contributed by atoms with E-state index in [1.165, 1.54) is 6.07 Å². The summed E-state index contributed by atoms with van der Waals surface area (Å²) in [6.07, 6.45) is -3.54. The Labute approximate surface area is 156 Å². The Hall–Kier alpha value is -2.57. The van der Waals surface area contributed by atoms with E-state index in [1.54, 1.807) is 0 Å². The molecule has 3 rings (SSSR count). The van der Waals surface area contributed by atoms with Crippen LogP contribution in [0.25, 0.3) is 0 Å². The van der Waals surface area contributed by atoms with Gasteiger partial charge in [-0.2, -0.15) is 13.2 Å². The van der Waals surface area contributed by atoms with Crippen LogP contribution in [0.15, 0.2) is 48.7 Å². The van der Waals surface area contributed by atoms with E-state index >= 15 is 0 Å². The SMILES string of the molecule is CC(C)(C(=O)N1CCN(c2ccc(C(F)(F)F)cn2)CC1)c1ccccc1. The summed E-state index contributed by atoms with van der Waals surface area (Å²) in [6, 6.07) is 12.1. The van der Waals surface area contributed by atoms with Gasteiger partial charge in [0.2, 0.25) is 5.91 Å². The zero-order chi connectivity index (χ0) is 19.7. The van der Waals surface area contributed by atoms with Gasteiger partial charge < -0.3 is 9.80 Å². The van der Waals surface area contributed by atoms with Crippen molar-refractivity contribution in [2.75, 3.05) is 31.1 Å². The van der Waals surface area contributed by atoms with E-state index in [0.717, 1.165) is 17.8 Å². The van der Waals surface area contributed by atoms with Gasteiger partial charge in [0.05, 0.1) is 11.0 Å². The van der Waals surface area contributed by atoms with Gasteiger partial charge in [0.25, 0.3) is 0 Å². The van der Waals surface area contributed by atoms with Crippen LogP contribution in [-0.2, 0) is 16.4 Å². The number of alkyl halides is 3. The smallest absolute Gasteiger partial charge is 0.353 e. The summed E-state index contributed by atoms with van der Waals surface area (Å²) in [4.78, 5) is 20.6. The van der Waals surface area contributed by atoms with Crippen LogP contribution in [0.1, 0.15) is 25.0 Å². The quantitative estimate of drug-likeness (QED) is 0.818. The zero-order valence-corrected chi connectivity index (χ0v) is 15.3. The number of benzene rings is 1. The predicted octanol–water partition coefficient (Wildman–Crippen LogP) is 3.73. The number of nitrogens with zero attached hydrogens (tertiary/aromatic N) is 3. The summed E-state index contributed by atoms with van der Waals surface area (Å²) < 4.78 is 38.0. The largest absolute Gasteiger partial charge is 0.417 e. The highest BCUT2D eigenvalue weighted by atomic mass is 19.4. The van der Waals surface area contributed by atoms with Crippen molar-refractivity contribution in [1.29, 1.82) is 0 Å². The molecule has 1 aliphatic rings. The number of hydrogen-bond acceptors (Lipinski definition) is 3. The van der Waals surface area contributed by atoms with Crippen molar-refractivity contribution < 1.29 is 18.0 Å². The molecule has 2 heterocycles. The summed E-state index contributed by atoms with van der Waals surface area (Å²) in [5.74, 6) is 0.547. The Kier molecular flexibility index (Phi) is 5.13. The average molecular weight is 377 g/mol. The fourth-order valence-electron chi connectivity index (χ4n) is 3.25. The molecule has 0 spiro atoms. The summed E-state index contributed by atoms with van der Waals surface area (Å²) in [6.45, 7) is 5.92. The van der Waals surface area contributed by atoms with Crippen molar-refractivity contribution in [2.45, 2.75) is 25.4 Å². The monoisotopic (exact) mass is 377 g/mol. The molecule has 2 aromatic rings. The van der Waals surface area contributed by atoms with E-state index < -0.39 is 17.2 Å². The number of hydrogen-bond donors (Lipinski definition) is 0. The molecule has 0 unspecified atom stereocenters. The second kappa shape index (κ2) is 7.21. The number of halogens is 3. The molecular weight excluding hydrogens is 355 g/mol. The van der Waals surface area contributed by atoms with Crippen molar-refractivity contribution >= 4 is 11.7 Å². The highest BCUT2D eigenvalue weighted by Crippen LogP contribution is 2.30. The second-order valence-electron chi connectivity index (χ2n) is 7.17. The van der Waals surface area contributed by atoms with Gasteiger partial charge in [-0.1, -0.05) is 30.3 Å². The lowest BCUT2D eigenvalue weighted by molar-refractivity contribution is -0.138. The lowest BCUT2D eigenvalue weighted by Crippen LogP contribution is -2.53. The van der Waals surface area contributed by atoms with Crippen LogP contribution in [0.3, 0.4) is 0 Å². The Bertz CT molecular complexity index is 780. The number of piperazine rings is 1. The van der Waals surface area contributed by atoms with Gasteiger partial charge in [-0.25, -0.2) is 4.98 Å². The Morgan fingerprint density at radius 2 is 1.56 bits per heavy atom. The summed E-state index contributed by atoms with van der Waals surface area (Å²) in [5, 5.41) is 0. The fourth-order valence-corrected chi connectivity index (χ4v) is 3.25. The molecule has 0 bridgehead atoms. The van der Waals surface area contributed by atoms with Gasteiger partial charge in [-0.15, -0.1) is 0 Å². The van der Waals surface area contributed by atoms with Gasteiger partial charge in [0, 0.05) is 32.4 Å². The van der Waals surface area contributed by atoms with Crippen LogP contribution in [-0.4, -0.2) is 42.0 Å². The third-order valence-corrected chi connectivity index (χ3v) is 5.00. The number of anilines is 1. The standard InChI is InChI=1S/C20H22F3N3O/c1-19(2,15-6-4-3-5-7-15)18(27)26-12-10-25(11-13-26)17-9-8-16(14-24-17)20(21,22)23/h3-9,14H,10-13H2,1-2H3. The maximum Gasteiger partial charge on any atom is 0.417 e. The van der Waals surface area contributed by atoms with Gasteiger partial charge in [-0.3, -0.25) is 4.79 Å². The van der Waals surface area contributed by atoms with Gasteiger partial charge >= 0.3 is 6.18 Å². The minimum absolute atomic E-state index is 0.0497. The molecule has 144 valence electrons. The molecule has 1 aliphatic heterocycles. The van der Waals surface area contributed by atoms with E-state index in [-0.39, 0.29) is 5.91 Å². The first-order valence-electron chi connectivity index (χ1n) is 8.83. The molecule has 4 nitrogen and oxygen atoms in total. The third kappa shape index (κ3) is 4.07. The Morgan fingerprint density at radius 1 is 0.926 bits per heavy atom. The van der Waals surface area contributed by atoms with Gasteiger partial charge in [-0.05, 0) is 31.5 Å². The van der Waals surface area contributed by atoms with Crippen molar-refractivity contribution in [3.8, 4) is 0 Å². The first kappa shape index (κ1) is 19.2. The first-order chi connectivity index (χ1) is 12.7. The van der Waals surface area contributed by atoms with E-state index in [2.05, 4.69) is 4.98 Å². The number of amides is 1. The average Bonchev–Trinajstić information content (AvgIpc) is 2.67. The van der Waals surface area contributed by atoms with Crippen LogP contribution in [0.5, 0.6) is 0 Å². The minimum Gasteiger partial charge on any atom is -0.353 e. The first-order valence-corrected chi connectivity index (χ1v) is 8.83. The predicted molar refractivity (Wildman–Crippen MR) is 97.5 cm³/mol. The van der Waals surface area contributed by atoms with Crippen molar-refractivity contribution in [3.05, 3.63) is 59.8 Å². The number of aromatic nitrogens is 1. The van der Waals surface area contributed by atoms with Crippen LogP contribution in [0, 0.1) is 0 Å². The molecule has 0 N–H and O–H groups in total. The van der Waals surface area contributed by atoms with E-state index in [9.17, 15) is 18.0 Å². The number of rotatable bonds is 3. The molecule has 1 fully saturated rings. The molecule has 1 aromatic heterocycles.